The molecule has 1 aliphatic heterocycles. The Labute approximate surface area is 184 Å². The first-order valence-corrected chi connectivity index (χ1v) is 12.2. The van der Waals surface area contributed by atoms with Crippen molar-refractivity contribution in [2.45, 2.75) is 29.3 Å². The Balaban J connectivity index is 1.58. The van der Waals surface area contributed by atoms with Crippen LogP contribution in [-0.2, 0) is 31.8 Å². The summed E-state index contributed by atoms with van der Waals surface area (Å²) in [4.78, 5) is 16.4. The first kappa shape index (κ1) is 21.9. The molecule has 0 saturated carbocycles. The van der Waals surface area contributed by atoms with Crippen LogP contribution in [0.5, 0.6) is 0 Å². The largest absolute Gasteiger partial charge is 0.463 e. The Morgan fingerprint density at radius 3 is 2.71 bits per heavy atom. The maximum Gasteiger partial charge on any atom is 0.373 e. The molecule has 0 spiro atoms. The highest BCUT2D eigenvalue weighted by Crippen LogP contribution is 2.29. The number of aromatic nitrogens is 2. The number of thioether (sulfide) groups is 1. The highest BCUT2D eigenvalue weighted by molar-refractivity contribution is 7.98. The Hall–Kier alpha value is -2.34. The van der Waals surface area contributed by atoms with Crippen LogP contribution in [0.1, 0.15) is 23.2 Å². The lowest BCUT2D eigenvalue weighted by Crippen LogP contribution is -2.40. The molecule has 1 saturated heterocycles. The summed E-state index contributed by atoms with van der Waals surface area (Å²) in [6.45, 7) is 4.18. The van der Waals surface area contributed by atoms with Crippen molar-refractivity contribution >= 4 is 38.8 Å². The number of hydrogen-bond donors (Lipinski definition) is 0. The molecule has 0 atom stereocenters. The van der Waals surface area contributed by atoms with Gasteiger partial charge in [0.1, 0.15) is 5.76 Å². The van der Waals surface area contributed by atoms with Gasteiger partial charge >= 0.3 is 5.97 Å². The van der Waals surface area contributed by atoms with Gasteiger partial charge in [0, 0.05) is 19.6 Å². The van der Waals surface area contributed by atoms with Crippen LogP contribution in [0.15, 0.2) is 44.8 Å². The van der Waals surface area contributed by atoms with E-state index in [0.717, 1.165) is 10.7 Å². The van der Waals surface area contributed by atoms with Crippen molar-refractivity contribution in [2.75, 3.05) is 33.4 Å². The molecule has 4 rings (SSSR count). The van der Waals surface area contributed by atoms with Crippen LogP contribution in [0.25, 0.3) is 11.0 Å². The number of esters is 1. The number of sulfonamides is 1. The van der Waals surface area contributed by atoms with Gasteiger partial charge in [0.25, 0.3) is 0 Å². The molecular formula is C20H23N3O6S2. The summed E-state index contributed by atoms with van der Waals surface area (Å²) in [6.07, 6.45) is 0. The van der Waals surface area contributed by atoms with Gasteiger partial charge in [0.2, 0.25) is 15.8 Å². The number of imidazole rings is 1. The lowest BCUT2D eigenvalue weighted by atomic mass is 10.3. The van der Waals surface area contributed by atoms with Crippen LogP contribution in [0, 0.1) is 0 Å². The minimum absolute atomic E-state index is 0.153. The third-order valence-electron chi connectivity index (χ3n) is 5.00. The number of morpholine rings is 1. The minimum atomic E-state index is -3.59. The van der Waals surface area contributed by atoms with Crippen LogP contribution in [0.2, 0.25) is 0 Å². The zero-order valence-electron chi connectivity index (χ0n) is 17.2. The topological polar surface area (TPSA) is 104 Å². The quantitative estimate of drug-likeness (QED) is 0.388. The second-order valence-corrected chi connectivity index (χ2v) is 9.73. The fourth-order valence-electron chi connectivity index (χ4n) is 3.40. The van der Waals surface area contributed by atoms with E-state index in [1.807, 2.05) is 11.5 Å². The molecule has 0 radical (unpaired) electrons. The maximum atomic E-state index is 13.0. The van der Waals surface area contributed by atoms with Gasteiger partial charge in [-0.15, -0.1) is 0 Å². The molecule has 3 aromatic rings. The van der Waals surface area contributed by atoms with E-state index in [2.05, 4.69) is 9.72 Å². The Morgan fingerprint density at radius 1 is 1.23 bits per heavy atom. The van der Waals surface area contributed by atoms with Crippen LogP contribution >= 0.6 is 11.8 Å². The van der Waals surface area contributed by atoms with E-state index >= 15 is 0 Å². The van der Waals surface area contributed by atoms with Gasteiger partial charge in [0.15, 0.2) is 5.16 Å². The molecule has 0 bridgehead atoms. The monoisotopic (exact) mass is 465 g/mol. The SMILES string of the molecule is CCn1c(SCc2ccc(C(=O)OC)o2)nc2cc(S(=O)(=O)N3CCOCC3)ccc21. The van der Waals surface area contributed by atoms with E-state index < -0.39 is 16.0 Å². The van der Waals surface area contributed by atoms with Crippen molar-refractivity contribution in [1.29, 1.82) is 0 Å². The predicted octanol–water partition coefficient (Wildman–Crippen LogP) is 2.75. The number of carbonyl (C=O) groups excluding carboxylic acids is 1. The fourth-order valence-corrected chi connectivity index (χ4v) is 5.80. The number of aryl methyl sites for hydroxylation is 1. The first-order valence-electron chi connectivity index (χ1n) is 9.82. The number of rotatable bonds is 7. The van der Waals surface area contributed by atoms with Crippen molar-refractivity contribution in [1.82, 2.24) is 13.9 Å². The molecule has 0 aliphatic carbocycles. The third-order valence-corrected chi connectivity index (χ3v) is 7.89. The number of methoxy groups -OCH3 is 1. The van der Waals surface area contributed by atoms with E-state index in [-0.39, 0.29) is 10.7 Å². The molecule has 31 heavy (non-hydrogen) atoms. The van der Waals surface area contributed by atoms with E-state index in [4.69, 9.17) is 9.15 Å². The maximum absolute atomic E-state index is 13.0. The molecular weight excluding hydrogens is 442 g/mol. The molecule has 9 nitrogen and oxygen atoms in total. The molecule has 0 N–H and O–H groups in total. The highest BCUT2D eigenvalue weighted by atomic mass is 32.2. The summed E-state index contributed by atoms with van der Waals surface area (Å²) in [5.41, 5.74) is 1.48. The lowest BCUT2D eigenvalue weighted by molar-refractivity contribution is 0.0563. The van der Waals surface area contributed by atoms with Crippen molar-refractivity contribution in [3.8, 4) is 0 Å². The van der Waals surface area contributed by atoms with Gasteiger partial charge < -0.3 is 18.5 Å². The van der Waals surface area contributed by atoms with Crippen LogP contribution < -0.4 is 0 Å². The average Bonchev–Trinajstić information content (AvgIpc) is 3.41. The minimum Gasteiger partial charge on any atom is -0.463 e. The average molecular weight is 466 g/mol. The third kappa shape index (κ3) is 4.36. The standard InChI is InChI=1S/C20H23N3O6S2/c1-3-23-17-6-5-15(31(25,26)22-8-10-28-11-9-22)12-16(17)21-20(23)30-13-14-4-7-18(29-14)19(24)27-2/h4-7,12H,3,8-11,13H2,1-2H3. The van der Waals surface area contributed by atoms with E-state index in [1.165, 1.54) is 23.2 Å². The molecule has 3 heterocycles. The molecule has 0 amide bonds. The van der Waals surface area contributed by atoms with Gasteiger partial charge in [-0.05, 0) is 37.3 Å². The summed E-state index contributed by atoms with van der Waals surface area (Å²) in [6, 6.07) is 8.35. The summed E-state index contributed by atoms with van der Waals surface area (Å²) in [5.74, 6) is 0.723. The molecule has 0 unspecified atom stereocenters. The number of furan rings is 1. The normalized spacial score (nSPS) is 15.4. The summed E-state index contributed by atoms with van der Waals surface area (Å²) in [7, 11) is -2.29. The number of ether oxygens (including phenoxy) is 2. The number of carbonyl (C=O) groups is 1. The molecule has 2 aromatic heterocycles. The van der Waals surface area contributed by atoms with Crippen LogP contribution in [-0.4, -0.2) is 61.7 Å². The number of hydrogen-bond acceptors (Lipinski definition) is 8. The molecule has 166 valence electrons. The Bertz CT molecular complexity index is 1190. The van der Waals surface area contributed by atoms with Crippen LogP contribution in [0.3, 0.4) is 0 Å². The summed E-state index contributed by atoms with van der Waals surface area (Å²) < 4.78 is 44.8. The number of nitrogens with zero attached hydrogens (tertiary/aromatic N) is 3. The zero-order valence-corrected chi connectivity index (χ0v) is 18.9. The van der Waals surface area contributed by atoms with Gasteiger partial charge in [-0.3, -0.25) is 0 Å². The number of fused-ring (bicyclic) bond motifs is 1. The van der Waals surface area contributed by atoms with Gasteiger partial charge in [-0.2, -0.15) is 4.31 Å². The second kappa shape index (κ2) is 9.03. The second-order valence-electron chi connectivity index (χ2n) is 6.85. The molecule has 1 fully saturated rings. The van der Waals surface area contributed by atoms with Crippen LogP contribution in [0.4, 0.5) is 0 Å². The summed E-state index contributed by atoms with van der Waals surface area (Å²) >= 11 is 1.45. The zero-order chi connectivity index (χ0) is 22.0. The van der Waals surface area contributed by atoms with Gasteiger partial charge in [0.05, 0.1) is 42.0 Å². The first-order chi connectivity index (χ1) is 14.9. The van der Waals surface area contributed by atoms with E-state index in [0.29, 0.717) is 49.9 Å². The van der Waals surface area contributed by atoms with Crippen molar-refractivity contribution in [2.24, 2.45) is 0 Å². The number of benzene rings is 1. The fraction of sp³-hybridized carbons (Fsp3) is 0.400. The Kier molecular flexibility index (Phi) is 6.37. The highest BCUT2D eigenvalue weighted by Gasteiger charge is 2.27. The van der Waals surface area contributed by atoms with Gasteiger partial charge in [-0.1, -0.05) is 11.8 Å². The van der Waals surface area contributed by atoms with E-state index in [9.17, 15) is 13.2 Å². The van der Waals surface area contributed by atoms with Crippen molar-refractivity contribution in [3.05, 3.63) is 41.9 Å². The predicted molar refractivity (Wildman–Crippen MR) is 115 cm³/mol. The lowest BCUT2D eigenvalue weighted by Gasteiger charge is -2.26. The smallest absolute Gasteiger partial charge is 0.373 e. The Morgan fingerprint density at radius 2 is 2.00 bits per heavy atom. The van der Waals surface area contributed by atoms with Crippen molar-refractivity contribution in [3.63, 3.8) is 0 Å². The molecule has 11 heteroatoms. The van der Waals surface area contributed by atoms with Gasteiger partial charge in [-0.25, -0.2) is 18.2 Å². The molecule has 1 aliphatic rings. The molecule has 1 aromatic carbocycles. The van der Waals surface area contributed by atoms with Crippen molar-refractivity contribution < 1.29 is 27.1 Å². The summed E-state index contributed by atoms with van der Waals surface area (Å²) in [5, 5.41) is 0.745. The van der Waals surface area contributed by atoms with E-state index in [1.54, 1.807) is 30.3 Å².